The van der Waals surface area contributed by atoms with E-state index >= 15 is 0 Å². The van der Waals surface area contributed by atoms with E-state index in [4.69, 9.17) is 5.26 Å². The number of amides is 1. The summed E-state index contributed by atoms with van der Waals surface area (Å²) in [6.07, 6.45) is 4.67. The lowest BCUT2D eigenvalue weighted by Gasteiger charge is -2.31. The van der Waals surface area contributed by atoms with E-state index in [0.29, 0.717) is 12.0 Å². The first-order valence-electron chi connectivity index (χ1n) is 7.33. The molecule has 0 aliphatic carbocycles. The predicted octanol–water partition coefficient (Wildman–Crippen LogP) is 3.05. The minimum atomic E-state index is -3.05. The summed E-state index contributed by atoms with van der Waals surface area (Å²) < 4.78 is 27.8. The monoisotopic (exact) mass is 305 g/mol. The van der Waals surface area contributed by atoms with Gasteiger partial charge in [-0.05, 0) is 37.8 Å². The van der Waals surface area contributed by atoms with Gasteiger partial charge in [0.1, 0.15) is 11.5 Å². The van der Waals surface area contributed by atoms with Crippen molar-refractivity contribution in [2.45, 2.75) is 51.1 Å². The maximum Gasteiger partial charge on any atom is 0.259 e. The molecular weight excluding hydrogens is 288 g/mol. The Morgan fingerprint density at radius 2 is 2.18 bits per heavy atom. The first-order valence-corrected chi connectivity index (χ1v) is 7.33. The SMILES string of the molecule is CC(F)(F)C1(C)C[C@H]2CC[C@@H](c3cncc(C#N)c3)N2C1=O. The van der Waals surface area contributed by atoms with Crippen LogP contribution in [0.5, 0.6) is 0 Å². The molecule has 2 saturated heterocycles. The lowest BCUT2D eigenvalue weighted by molar-refractivity contribution is -0.156. The van der Waals surface area contributed by atoms with Crippen molar-refractivity contribution in [2.24, 2.45) is 5.41 Å². The van der Waals surface area contributed by atoms with Gasteiger partial charge in [0.15, 0.2) is 0 Å². The van der Waals surface area contributed by atoms with Gasteiger partial charge in [0.25, 0.3) is 5.92 Å². The van der Waals surface area contributed by atoms with Gasteiger partial charge in [-0.25, -0.2) is 8.78 Å². The average molecular weight is 305 g/mol. The fraction of sp³-hybridized carbons (Fsp3) is 0.562. The van der Waals surface area contributed by atoms with E-state index in [2.05, 4.69) is 4.98 Å². The van der Waals surface area contributed by atoms with E-state index < -0.39 is 17.2 Å². The molecule has 1 aromatic rings. The molecule has 3 rings (SSSR count). The molecule has 4 nitrogen and oxygen atoms in total. The molecule has 1 unspecified atom stereocenters. The van der Waals surface area contributed by atoms with Crippen LogP contribution in [-0.4, -0.2) is 27.8 Å². The average Bonchev–Trinajstić information content (AvgIpc) is 2.98. The Morgan fingerprint density at radius 1 is 1.45 bits per heavy atom. The number of hydrogen-bond donors (Lipinski definition) is 0. The third kappa shape index (κ3) is 1.99. The lowest BCUT2D eigenvalue weighted by Crippen LogP contribution is -2.44. The Bertz CT molecular complexity index is 664. The van der Waals surface area contributed by atoms with E-state index in [0.717, 1.165) is 18.9 Å². The molecule has 1 amide bonds. The van der Waals surface area contributed by atoms with Gasteiger partial charge in [-0.3, -0.25) is 9.78 Å². The van der Waals surface area contributed by atoms with Crippen LogP contribution >= 0.6 is 0 Å². The molecule has 2 fully saturated rings. The largest absolute Gasteiger partial charge is 0.332 e. The Balaban J connectivity index is 1.95. The van der Waals surface area contributed by atoms with Crippen LogP contribution in [0.3, 0.4) is 0 Å². The molecule has 0 spiro atoms. The van der Waals surface area contributed by atoms with Crippen molar-refractivity contribution < 1.29 is 13.6 Å². The normalized spacial score (nSPS) is 31.2. The second kappa shape index (κ2) is 4.73. The molecule has 0 radical (unpaired) electrons. The summed E-state index contributed by atoms with van der Waals surface area (Å²) in [7, 11) is 0. The second-order valence-corrected chi connectivity index (χ2v) is 6.50. The Labute approximate surface area is 127 Å². The Morgan fingerprint density at radius 3 is 2.82 bits per heavy atom. The van der Waals surface area contributed by atoms with Crippen molar-refractivity contribution in [3.05, 3.63) is 29.6 Å². The first-order chi connectivity index (χ1) is 10.3. The van der Waals surface area contributed by atoms with Crippen LogP contribution in [0.1, 0.15) is 50.3 Å². The molecule has 0 N–H and O–H groups in total. The fourth-order valence-electron chi connectivity index (χ4n) is 3.63. The number of carbonyl (C=O) groups excluding carboxylic acids is 1. The molecule has 0 bridgehead atoms. The Hall–Kier alpha value is -2.03. The molecule has 0 aromatic carbocycles. The molecule has 2 aliphatic heterocycles. The molecule has 0 saturated carbocycles. The number of fused-ring (bicyclic) bond motifs is 1. The summed E-state index contributed by atoms with van der Waals surface area (Å²) in [6.45, 7) is 2.18. The van der Waals surface area contributed by atoms with Gasteiger partial charge in [-0.1, -0.05) is 0 Å². The highest BCUT2D eigenvalue weighted by Gasteiger charge is 2.62. The van der Waals surface area contributed by atoms with Crippen LogP contribution in [0.4, 0.5) is 8.78 Å². The Kier molecular flexibility index (Phi) is 3.20. The number of carbonyl (C=O) groups is 1. The van der Waals surface area contributed by atoms with Crippen molar-refractivity contribution in [3.63, 3.8) is 0 Å². The number of aromatic nitrogens is 1. The van der Waals surface area contributed by atoms with Crippen LogP contribution in [0.25, 0.3) is 0 Å². The van der Waals surface area contributed by atoms with Gasteiger partial charge in [-0.2, -0.15) is 5.26 Å². The number of alkyl halides is 2. The van der Waals surface area contributed by atoms with Crippen LogP contribution in [-0.2, 0) is 4.79 Å². The molecule has 3 atom stereocenters. The van der Waals surface area contributed by atoms with E-state index in [1.54, 1.807) is 17.2 Å². The van der Waals surface area contributed by atoms with Gasteiger partial charge in [0, 0.05) is 25.4 Å². The number of hydrogen-bond acceptors (Lipinski definition) is 3. The van der Waals surface area contributed by atoms with E-state index in [1.807, 2.05) is 6.07 Å². The maximum absolute atomic E-state index is 13.9. The molecule has 116 valence electrons. The van der Waals surface area contributed by atoms with Gasteiger partial charge < -0.3 is 4.90 Å². The third-order valence-corrected chi connectivity index (χ3v) is 5.10. The quantitative estimate of drug-likeness (QED) is 0.844. The number of nitrogens with zero attached hydrogens (tertiary/aromatic N) is 3. The van der Waals surface area contributed by atoms with Crippen molar-refractivity contribution in [2.75, 3.05) is 0 Å². The smallest absolute Gasteiger partial charge is 0.259 e. The van der Waals surface area contributed by atoms with Crippen LogP contribution in [0.2, 0.25) is 0 Å². The zero-order valence-electron chi connectivity index (χ0n) is 12.5. The zero-order chi connectivity index (χ0) is 16.1. The summed E-state index contributed by atoms with van der Waals surface area (Å²) >= 11 is 0. The minimum absolute atomic E-state index is 0.154. The van der Waals surface area contributed by atoms with Crippen molar-refractivity contribution in [1.82, 2.24) is 9.88 Å². The summed E-state index contributed by atoms with van der Waals surface area (Å²) in [4.78, 5) is 18.3. The summed E-state index contributed by atoms with van der Waals surface area (Å²) in [5, 5.41) is 8.96. The lowest BCUT2D eigenvalue weighted by atomic mass is 9.80. The van der Waals surface area contributed by atoms with Gasteiger partial charge in [-0.15, -0.1) is 0 Å². The predicted molar refractivity (Wildman–Crippen MR) is 74.9 cm³/mol. The molecule has 1 aromatic heterocycles. The van der Waals surface area contributed by atoms with Gasteiger partial charge in [0.05, 0.1) is 11.6 Å². The maximum atomic E-state index is 13.9. The molecular formula is C16H17F2N3O. The highest BCUT2D eigenvalue weighted by Crippen LogP contribution is 2.54. The highest BCUT2D eigenvalue weighted by molar-refractivity contribution is 5.87. The number of halogens is 2. The molecule has 2 aliphatic rings. The summed E-state index contributed by atoms with van der Waals surface area (Å²) in [6, 6.07) is 3.29. The molecule has 6 heteroatoms. The molecule has 22 heavy (non-hydrogen) atoms. The molecule has 3 heterocycles. The fourth-order valence-corrected chi connectivity index (χ4v) is 3.63. The van der Waals surface area contributed by atoms with Crippen LogP contribution < -0.4 is 0 Å². The topological polar surface area (TPSA) is 57.0 Å². The summed E-state index contributed by atoms with van der Waals surface area (Å²) in [5.41, 5.74) is -0.480. The minimum Gasteiger partial charge on any atom is -0.332 e. The van der Waals surface area contributed by atoms with E-state index in [1.165, 1.54) is 13.1 Å². The van der Waals surface area contributed by atoms with E-state index in [9.17, 15) is 13.6 Å². The van der Waals surface area contributed by atoms with Crippen molar-refractivity contribution in [1.29, 1.82) is 5.26 Å². The van der Waals surface area contributed by atoms with E-state index in [-0.39, 0.29) is 18.5 Å². The van der Waals surface area contributed by atoms with Crippen molar-refractivity contribution in [3.8, 4) is 6.07 Å². The van der Waals surface area contributed by atoms with Crippen molar-refractivity contribution >= 4 is 5.91 Å². The standard InChI is InChI=1S/C16H17F2N3O/c1-15(16(2,17)18)6-12-3-4-13(21(12)14(15)22)11-5-10(7-19)8-20-9-11/h5,8-9,12-13H,3-4,6H2,1-2H3/t12-,13+,15?/m1/s1. The second-order valence-electron chi connectivity index (χ2n) is 6.50. The number of pyridine rings is 1. The van der Waals surface area contributed by atoms with Crippen LogP contribution in [0, 0.1) is 16.7 Å². The third-order valence-electron chi connectivity index (χ3n) is 5.10. The summed E-state index contributed by atoms with van der Waals surface area (Å²) in [5.74, 6) is -3.54. The van der Waals surface area contributed by atoms with Crippen LogP contribution in [0.15, 0.2) is 18.5 Å². The highest BCUT2D eigenvalue weighted by atomic mass is 19.3. The zero-order valence-corrected chi connectivity index (χ0v) is 12.5. The van der Waals surface area contributed by atoms with Gasteiger partial charge in [0.2, 0.25) is 5.91 Å². The number of nitriles is 1. The first kappa shape index (κ1) is 14.9. The number of rotatable bonds is 2. The van der Waals surface area contributed by atoms with Gasteiger partial charge >= 0.3 is 0 Å².